The highest BCUT2D eigenvalue weighted by Gasteiger charge is 2.16. The summed E-state index contributed by atoms with van der Waals surface area (Å²) in [5.41, 5.74) is -0.375. The van der Waals surface area contributed by atoms with Crippen LogP contribution in [0.25, 0.3) is 0 Å². The van der Waals surface area contributed by atoms with E-state index in [1.165, 1.54) is 32.5 Å². The minimum atomic E-state index is -0.375. The number of nitrogens with one attached hydrogen (secondary N) is 1. The summed E-state index contributed by atoms with van der Waals surface area (Å²) in [6, 6.07) is 0. The molecule has 0 bridgehead atoms. The molecule has 1 rings (SSSR count). The number of likely N-dealkylation sites (tertiary alicyclic amines) is 1. The van der Waals surface area contributed by atoms with Crippen LogP contribution in [0.15, 0.2) is 0 Å². The lowest BCUT2D eigenvalue weighted by molar-refractivity contribution is -0.154. The molecule has 1 atom stereocenters. The normalized spacial score (nSPS) is 18.5. The van der Waals surface area contributed by atoms with Gasteiger partial charge in [0.15, 0.2) is 0 Å². The highest BCUT2D eigenvalue weighted by atomic mass is 16.6. The maximum atomic E-state index is 11.5. The molecular formula is C15H30N2O2. The second-order valence-electron chi connectivity index (χ2n) is 6.65. The zero-order chi connectivity index (χ0) is 14.3. The number of carbonyl (C=O) groups is 1. The lowest BCUT2D eigenvalue weighted by atomic mass is 10.1. The molecule has 0 spiro atoms. The fraction of sp³-hybridized carbons (Fsp3) is 0.933. The fourth-order valence-corrected chi connectivity index (χ4v) is 2.40. The zero-order valence-electron chi connectivity index (χ0n) is 13.0. The van der Waals surface area contributed by atoms with Crippen molar-refractivity contribution < 1.29 is 9.53 Å². The van der Waals surface area contributed by atoms with E-state index in [0.717, 1.165) is 6.54 Å². The molecule has 0 aromatic heterocycles. The molecule has 1 saturated heterocycles. The number of carbonyl (C=O) groups excluding carboxylic acids is 1. The highest BCUT2D eigenvalue weighted by molar-refractivity contribution is 5.70. The van der Waals surface area contributed by atoms with E-state index >= 15 is 0 Å². The predicted octanol–water partition coefficient (Wildman–Crippen LogP) is 2.04. The standard InChI is InChI=1S/C15H30N2O2/c1-13(12-17-9-5-6-10-17)11-16-8-7-14(18)19-15(2,3)4/h13,16H,5-12H2,1-4H3. The first-order valence-corrected chi connectivity index (χ1v) is 7.52. The summed E-state index contributed by atoms with van der Waals surface area (Å²) in [4.78, 5) is 14.0. The molecule has 0 saturated carbocycles. The molecule has 0 aromatic rings. The van der Waals surface area contributed by atoms with Crippen molar-refractivity contribution in [1.82, 2.24) is 10.2 Å². The summed E-state index contributed by atoms with van der Waals surface area (Å²) < 4.78 is 5.27. The average molecular weight is 270 g/mol. The number of ether oxygens (including phenoxy) is 1. The van der Waals surface area contributed by atoms with Crippen molar-refractivity contribution in [2.45, 2.75) is 52.6 Å². The monoisotopic (exact) mass is 270 g/mol. The Morgan fingerprint density at radius 2 is 1.95 bits per heavy atom. The minimum Gasteiger partial charge on any atom is -0.460 e. The van der Waals surface area contributed by atoms with Crippen LogP contribution < -0.4 is 5.32 Å². The minimum absolute atomic E-state index is 0.118. The molecule has 1 unspecified atom stereocenters. The van der Waals surface area contributed by atoms with Crippen molar-refractivity contribution in [1.29, 1.82) is 0 Å². The summed E-state index contributed by atoms with van der Waals surface area (Å²) in [6.45, 7) is 13.3. The molecular weight excluding hydrogens is 240 g/mol. The second-order valence-corrected chi connectivity index (χ2v) is 6.65. The van der Waals surface area contributed by atoms with Crippen molar-refractivity contribution >= 4 is 5.97 Å². The number of nitrogens with zero attached hydrogens (tertiary/aromatic N) is 1. The summed E-state index contributed by atoms with van der Waals surface area (Å²) in [6.07, 6.45) is 3.14. The highest BCUT2D eigenvalue weighted by Crippen LogP contribution is 2.10. The van der Waals surface area contributed by atoms with Gasteiger partial charge >= 0.3 is 5.97 Å². The van der Waals surface area contributed by atoms with Crippen LogP contribution in [-0.4, -0.2) is 49.2 Å². The van der Waals surface area contributed by atoms with E-state index in [1.807, 2.05) is 20.8 Å². The summed E-state index contributed by atoms with van der Waals surface area (Å²) in [7, 11) is 0. The number of esters is 1. The van der Waals surface area contributed by atoms with Gasteiger partial charge in [0, 0.05) is 13.1 Å². The van der Waals surface area contributed by atoms with Crippen molar-refractivity contribution in [3.05, 3.63) is 0 Å². The summed E-state index contributed by atoms with van der Waals surface area (Å²) in [5.74, 6) is 0.518. The molecule has 1 N–H and O–H groups in total. The van der Waals surface area contributed by atoms with Crippen LogP contribution in [0.1, 0.15) is 47.0 Å². The molecule has 0 aliphatic carbocycles. The van der Waals surface area contributed by atoms with Crippen LogP contribution in [0, 0.1) is 5.92 Å². The third kappa shape index (κ3) is 8.22. The van der Waals surface area contributed by atoms with Crippen LogP contribution in [0.3, 0.4) is 0 Å². The third-order valence-corrected chi connectivity index (χ3v) is 3.19. The molecule has 1 aliphatic rings. The van der Waals surface area contributed by atoms with Crippen LogP contribution in [0.5, 0.6) is 0 Å². The maximum absolute atomic E-state index is 11.5. The van der Waals surface area contributed by atoms with E-state index in [9.17, 15) is 4.79 Å². The van der Waals surface area contributed by atoms with Gasteiger partial charge in [-0.05, 0) is 59.2 Å². The van der Waals surface area contributed by atoms with Crippen LogP contribution in [0.4, 0.5) is 0 Å². The fourth-order valence-electron chi connectivity index (χ4n) is 2.40. The molecule has 0 aromatic carbocycles. The van der Waals surface area contributed by atoms with Gasteiger partial charge < -0.3 is 15.0 Å². The Hall–Kier alpha value is -0.610. The van der Waals surface area contributed by atoms with E-state index in [-0.39, 0.29) is 11.6 Å². The Balaban J connectivity index is 2.01. The molecule has 4 heteroatoms. The van der Waals surface area contributed by atoms with E-state index in [1.54, 1.807) is 0 Å². The van der Waals surface area contributed by atoms with Crippen LogP contribution in [0.2, 0.25) is 0 Å². The Kier molecular flexibility index (Phi) is 6.80. The van der Waals surface area contributed by atoms with Gasteiger partial charge in [0.05, 0.1) is 6.42 Å². The largest absolute Gasteiger partial charge is 0.460 e. The number of rotatable bonds is 7. The first-order valence-electron chi connectivity index (χ1n) is 7.52. The summed E-state index contributed by atoms with van der Waals surface area (Å²) in [5, 5.41) is 3.35. The Labute approximate surface area is 117 Å². The predicted molar refractivity (Wildman–Crippen MR) is 78.2 cm³/mol. The Morgan fingerprint density at radius 1 is 1.32 bits per heavy atom. The lowest BCUT2D eigenvalue weighted by Gasteiger charge is -2.21. The summed E-state index contributed by atoms with van der Waals surface area (Å²) >= 11 is 0. The quantitative estimate of drug-likeness (QED) is 0.568. The second kappa shape index (κ2) is 7.85. The topological polar surface area (TPSA) is 41.6 Å². The SMILES string of the molecule is CC(CNCCC(=O)OC(C)(C)C)CN1CCCC1. The Bertz CT molecular complexity index is 268. The molecule has 0 radical (unpaired) electrons. The van der Waals surface area contributed by atoms with E-state index in [0.29, 0.717) is 18.9 Å². The number of hydrogen-bond donors (Lipinski definition) is 1. The van der Waals surface area contributed by atoms with Gasteiger partial charge in [0.1, 0.15) is 5.60 Å². The van der Waals surface area contributed by atoms with Crippen LogP contribution in [-0.2, 0) is 9.53 Å². The molecule has 112 valence electrons. The van der Waals surface area contributed by atoms with Gasteiger partial charge in [0.2, 0.25) is 0 Å². The molecule has 19 heavy (non-hydrogen) atoms. The smallest absolute Gasteiger partial charge is 0.307 e. The van der Waals surface area contributed by atoms with Gasteiger partial charge in [0.25, 0.3) is 0 Å². The maximum Gasteiger partial charge on any atom is 0.307 e. The van der Waals surface area contributed by atoms with Crippen molar-refractivity contribution in [3.8, 4) is 0 Å². The third-order valence-electron chi connectivity index (χ3n) is 3.19. The van der Waals surface area contributed by atoms with Gasteiger partial charge in [-0.15, -0.1) is 0 Å². The molecule has 4 nitrogen and oxygen atoms in total. The van der Waals surface area contributed by atoms with Crippen molar-refractivity contribution in [2.75, 3.05) is 32.7 Å². The van der Waals surface area contributed by atoms with Gasteiger partial charge in [-0.1, -0.05) is 6.92 Å². The lowest BCUT2D eigenvalue weighted by Crippen LogP contribution is -2.33. The van der Waals surface area contributed by atoms with E-state index in [4.69, 9.17) is 4.74 Å². The average Bonchev–Trinajstić information content (AvgIpc) is 2.74. The molecule has 1 aliphatic heterocycles. The first kappa shape index (κ1) is 16.4. The van der Waals surface area contributed by atoms with Crippen molar-refractivity contribution in [3.63, 3.8) is 0 Å². The van der Waals surface area contributed by atoms with Crippen LogP contribution >= 0.6 is 0 Å². The molecule has 1 heterocycles. The Morgan fingerprint density at radius 3 is 2.53 bits per heavy atom. The van der Waals surface area contributed by atoms with E-state index in [2.05, 4.69) is 17.1 Å². The molecule has 0 amide bonds. The van der Waals surface area contributed by atoms with E-state index < -0.39 is 0 Å². The van der Waals surface area contributed by atoms with Crippen molar-refractivity contribution in [2.24, 2.45) is 5.92 Å². The molecule has 1 fully saturated rings. The zero-order valence-corrected chi connectivity index (χ0v) is 13.0. The number of hydrogen-bond acceptors (Lipinski definition) is 4. The van der Waals surface area contributed by atoms with Gasteiger partial charge in [-0.2, -0.15) is 0 Å². The van der Waals surface area contributed by atoms with Gasteiger partial charge in [-0.25, -0.2) is 0 Å². The first-order chi connectivity index (χ1) is 8.87. The van der Waals surface area contributed by atoms with Gasteiger partial charge in [-0.3, -0.25) is 4.79 Å².